The maximum atomic E-state index is 13.3. The molecular formula is C25H21N3O2. The molecular weight excluding hydrogens is 374 g/mol. The largest absolute Gasteiger partial charge is 0.507 e. The highest BCUT2D eigenvalue weighted by Crippen LogP contribution is 2.44. The Morgan fingerprint density at radius 1 is 0.900 bits per heavy atom. The van der Waals surface area contributed by atoms with E-state index in [4.69, 9.17) is 0 Å². The number of aromatic hydroxyl groups is 1. The van der Waals surface area contributed by atoms with Crippen molar-refractivity contribution in [3.8, 4) is 17.0 Å². The van der Waals surface area contributed by atoms with Crippen LogP contribution in [0.3, 0.4) is 0 Å². The molecule has 0 fully saturated rings. The molecule has 1 amide bonds. The number of fused-ring (bicyclic) bond motifs is 1. The Morgan fingerprint density at radius 2 is 1.57 bits per heavy atom. The molecule has 5 heteroatoms. The van der Waals surface area contributed by atoms with Gasteiger partial charge in [-0.05, 0) is 29.7 Å². The Bertz CT molecular complexity index is 1190. The standard InChI is InChI=1S/C25H21N3O2/c29-20-14-8-7-13-19(20)22-21-23(27-26-22)25(30)28(16-15-17-9-3-1-4-10-17)24(21)18-11-5-2-6-12-18/h1-14,24,29H,15-16H2,(H,26,27)/t24-/m0/s1. The number of amides is 1. The quantitative estimate of drug-likeness (QED) is 0.520. The Kier molecular flexibility index (Phi) is 4.56. The summed E-state index contributed by atoms with van der Waals surface area (Å²) >= 11 is 0. The molecule has 0 radical (unpaired) electrons. The molecule has 1 aliphatic rings. The van der Waals surface area contributed by atoms with Crippen LogP contribution in [-0.4, -0.2) is 32.7 Å². The predicted molar refractivity (Wildman–Crippen MR) is 115 cm³/mol. The minimum atomic E-state index is -0.259. The average Bonchev–Trinajstić information content (AvgIpc) is 3.33. The van der Waals surface area contributed by atoms with Gasteiger partial charge in [-0.2, -0.15) is 5.10 Å². The van der Waals surface area contributed by atoms with Crippen molar-refractivity contribution in [2.75, 3.05) is 6.54 Å². The predicted octanol–water partition coefficient (Wildman–Crippen LogP) is 4.57. The second-order valence-electron chi connectivity index (χ2n) is 7.43. The fourth-order valence-corrected chi connectivity index (χ4v) is 4.18. The molecule has 0 saturated heterocycles. The fourth-order valence-electron chi connectivity index (χ4n) is 4.18. The Labute approximate surface area is 174 Å². The number of aromatic amines is 1. The summed E-state index contributed by atoms with van der Waals surface area (Å²) < 4.78 is 0. The van der Waals surface area contributed by atoms with Gasteiger partial charge in [-0.25, -0.2) is 0 Å². The van der Waals surface area contributed by atoms with Crippen LogP contribution in [-0.2, 0) is 6.42 Å². The van der Waals surface area contributed by atoms with Crippen molar-refractivity contribution in [3.63, 3.8) is 0 Å². The van der Waals surface area contributed by atoms with Gasteiger partial charge in [-0.15, -0.1) is 0 Å². The van der Waals surface area contributed by atoms with Gasteiger partial charge in [0.15, 0.2) is 0 Å². The van der Waals surface area contributed by atoms with E-state index in [1.54, 1.807) is 12.1 Å². The lowest BCUT2D eigenvalue weighted by molar-refractivity contribution is 0.0746. The van der Waals surface area contributed by atoms with Gasteiger partial charge in [-0.1, -0.05) is 72.8 Å². The number of nitrogens with zero attached hydrogens (tertiary/aromatic N) is 2. The second kappa shape index (κ2) is 7.52. The highest BCUT2D eigenvalue weighted by atomic mass is 16.3. The van der Waals surface area contributed by atoms with Crippen molar-refractivity contribution >= 4 is 5.91 Å². The number of carbonyl (C=O) groups is 1. The number of aromatic nitrogens is 2. The van der Waals surface area contributed by atoms with E-state index < -0.39 is 0 Å². The van der Waals surface area contributed by atoms with Crippen LogP contribution in [0.5, 0.6) is 5.75 Å². The number of hydrogen-bond donors (Lipinski definition) is 2. The smallest absolute Gasteiger partial charge is 0.273 e. The maximum Gasteiger partial charge on any atom is 0.273 e. The Morgan fingerprint density at radius 3 is 2.30 bits per heavy atom. The number of carbonyl (C=O) groups excluding carboxylic acids is 1. The van der Waals surface area contributed by atoms with Crippen LogP contribution in [0.2, 0.25) is 0 Å². The third-order valence-corrected chi connectivity index (χ3v) is 5.62. The summed E-state index contributed by atoms with van der Waals surface area (Å²) in [5.41, 5.74) is 4.76. The van der Waals surface area contributed by atoms with E-state index in [0.29, 0.717) is 23.5 Å². The van der Waals surface area contributed by atoms with Crippen molar-refractivity contribution in [2.45, 2.75) is 12.5 Å². The van der Waals surface area contributed by atoms with Crippen LogP contribution < -0.4 is 0 Å². The van der Waals surface area contributed by atoms with Gasteiger partial charge in [0, 0.05) is 17.7 Å². The molecule has 3 aromatic carbocycles. The summed E-state index contributed by atoms with van der Waals surface area (Å²) in [4.78, 5) is 15.2. The molecule has 1 aromatic heterocycles. The fraction of sp³-hybridized carbons (Fsp3) is 0.120. The molecule has 2 heterocycles. The number of phenols is 1. The average molecular weight is 395 g/mol. The SMILES string of the molecule is O=C1c2[nH]nc(-c3ccccc3O)c2[C@H](c2ccccc2)N1CCc1ccccc1. The van der Waals surface area contributed by atoms with Crippen molar-refractivity contribution in [3.05, 3.63) is 107 Å². The van der Waals surface area contributed by atoms with E-state index in [1.807, 2.05) is 65.6 Å². The normalized spacial score (nSPS) is 15.4. The van der Waals surface area contributed by atoms with E-state index in [2.05, 4.69) is 22.3 Å². The molecule has 148 valence electrons. The number of para-hydroxylation sites is 1. The number of phenolic OH excluding ortho intramolecular Hbond substituents is 1. The summed E-state index contributed by atoms with van der Waals surface area (Å²) in [5, 5.41) is 17.8. The third kappa shape index (κ3) is 3.05. The molecule has 1 atom stereocenters. The van der Waals surface area contributed by atoms with Gasteiger partial charge in [0.05, 0.1) is 6.04 Å². The van der Waals surface area contributed by atoms with Gasteiger partial charge >= 0.3 is 0 Å². The minimum Gasteiger partial charge on any atom is -0.507 e. The number of rotatable bonds is 5. The van der Waals surface area contributed by atoms with E-state index >= 15 is 0 Å². The lowest BCUT2D eigenvalue weighted by atomic mass is 9.95. The number of hydrogen-bond acceptors (Lipinski definition) is 3. The van der Waals surface area contributed by atoms with Crippen LogP contribution in [0, 0.1) is 0 Å². The maximum absolute atomic E-state index is 13.3. The van der Waals surface area contributed by atoms with Crippen LogP contribution in [0.15, 0.2) is 84.9 Å². The van der Waals surface area contributed by atoms with E-state index in [9.17, 15) is 9.90 Å². The lowest BCUT2D eigenvalue weighted by Crippen LogP contribution is -2.31. The van der Waals surface area contributed by atoms with Crippen molar-refractivity contribution in [2.24, 2.45) is 0 Å². The number of nitrogens with one attached hydrogen (secondary N) is 1. The minimum absolute atomic E-state index is 0.0658. The van der Waals surface area contributed by atoms with Gasteiger partial charge in [-0.3, -0.25) is 9.89 Å². The molecule has 0 bridgehead atoms. The zero-order valence-corrected chi connectivity index (χ0v) is 16.3. The van der Waals surface area contributed by atoms with Crippen LogP contribution in [0.25, 0.3) is 11.3 Å². The molecule has 0 unspecified atom stereocenters. The summed E-state index contributed by atoms with van der Waals surface area (Å²) in [6.45, 7) is 0.588. The van der Waals surface area contributed by atoms with Crippen molar-refractivity contribution in [1.82, 2.24) is 15.1 Å². The van der Waals surface area contributed by atoms with E-state index in [-0.39, 0.29) is 17.7 Å². The highest BCUT2D eigenvalue weighted by Gasteiger charge is 2.42. The molecule has 0 aliphatic carbocycles. The second-order valence-corrected chi connectivity index (χ2v) is 7.43. The summed E-state index contributed by atoms with van der Waals surface area (Å²) in [6, 6.07) is 27.0. The molecule has 0 saturated carbocycles. The zero-order valence-electron chi connectivity index (χ0n) is 16.3. The monoisotopic (exact) mass is 395 g/mol. The molecule has 30 heavy (non-hydrogen) atoms. The van der Waals surface area contributed by atoms with Crippen molar-refractivity contribution in [1.29, 1.82) is 0 Å². The molecule has 5 nitrogen and oxygen atoms in total. The number of benzene rings is 3. The van der Waals surface area contributed by atoms with Gasteiger partial charge in [0.1, 0.15) is 17.1 Å². The van der Waals surface area contributed by atoms with E-state index in [0.717, 1.165) is 17.5 Å². The summed E-state index contributed by atoms with van der Waals surface area (Å²) in [7, 11) is 0. The zero-order chi connectivity index (χ0) is 20.5. The molecule has 0 spiro atoms. The summed E-state index contributed by atoms with van der Waals surface area (Å²) in [6.07, 6.45) is 0.763. The van der Waals surface area contributed by atoms with E-state index in [1.165, 1.54) is 5.56 Å². The first-order valence-electron chi connectivity index (χ1n) is 10.0. The van der Waals surface area contributed by atoms with Gasteiger partial charge in [0.2, 0.25) is 0 Å². The van der Waals surface area contributed by atoms with Crippen molar-refractivity contribution < 1.29 is 9.90 Å². The third-order valence-electron chi connectivity index (χ3n) is 5.62. The summed E-state index contributed by atoms with van der Waals surface area (Å²) in [5.74, 6) is 0.0813. The van der Waals surface area contributed by atoms with Gasteiger partial charge in [0.25, 0.3) is 5.91 Å². The molecule has 5 rings (SSSR count). The number of H-pyrrole nitrogens is 1. The van der Waals surface area contributed by atoms with Crippen LogP contribution in [0.4, 0.5) is 0 Å². The first kappa shape index (κ1) is 18.2. The Hall–Kier alpha value is -3.86. The first-order valence-corrected chi connectivity index (χ1v) is 10.0. The Balaban J connectivity index is 1.59. The first-order chi connectivity index (χ1) is 14.7. The topological polar surface area (TPSA) is 69.2 Å². The lowest BCUT2D eigenvalue weighted by Gasteiger charge is -2.26. The van der Waals surface area contributed by atoms with Gasteiger partial charge < -0.3 is 10.0 Å². The van der Waals surface area contributed by atoms with Crippen LogP contribution >= 0.6 is 0 Å². The van der Waals surface area contributed by atoms with Crippen LogP contribution in [0.1, 0.15) is 33.2 Å². The molecule has 4 aromatic rings. The molecule has 2 N–H and O–H groups in total. The highest BCUT2D eigenvalue weighted by molar-refractivity contribution is 6.00. The molecule has 1 aliphatic heterocycles.